The van der Waals surface area contributed by atoms with Crippen LogP contribution in [0.2, 0.25) is 0 Å². The first-order valence-electron chi connectivity index (χ1n) is 7.96. The van der Waals surface area contributed by atoms with E-state index in [2.05, 4.69) is 19.2 Å². The molecule has 2 amide bonds. The number of carbonyl (C=O) groups excluding carboxylic acids is 2. The van der Waals surface area contributed by atoms with Crippen LogP contribution in [0.15, 0.2) is 0 Å². The van der Waals surface area contributed by atoms with Crippen molar-refractivity contribution in [2.45, 2.75) is 71.6 Å². The zero-order valence-electron chi connectivity index (χ0n) is 12.3. The van der Waals surface area contributed by atoms with Crippen molar-refractivity contribution in [2.24, 2.45) is 17.3 Å². The van der Waals surface area contributed by atoms with Gasteiger partial charge in [-0.3, -0.25) is 14.9 Å². The van der Waals surface area contributed by atoms with Gasteiger partial charge in [-0.15, -0.1) is 0 Å². The zero-order chi connectivity index (χ0) is 13.9. The fourth-order valence-electron chi connectivity index (χ4n) is 4.27. The summed E-state index contributed by atoms with van der Waals surface area (Å²) in [6, 6.07) is 0. The number of hydrogen-bond donors (Lipinski definition) is 1. The van der Waals surface area contributed by atoms with E-state index < -0.39 is 0 Å². The summed E-state index contributed by atoms with van der Waals surface area (Å²) in [4.78, 5) is 24.2. The van der Waals surface area contributed by atoms with E-state index in [4.69, 9.17) is 0 Å². The molecular formula is C16H27NO2. The number of hydrogen-bond acceptors (Lipinski definition) is 2. The molecule has 0 spiro atoms. The van der Waals surface area contributed by atoms with Crippen LogP contribution in [0, 0.1) is 17.3 Å². The molecule has 1 N–H and O–H groups in total. The van der Waals surface area contributed by atoms with Crippen molar-refractivity contribution in [1.82, 2.24) is 5.32 Å². The summed E-state index contributed by atoms with van der Waals surface area (Å²) in [5, 5.41) is 2.59. The van der Waals surface area contributed by atoms with Crippen LogP contribution in [0.5, 0.6) is 0 Å². The third-order valence-corrected chi connectivity index (χ3v) is 5.32. The minimum absolute atomic E-state index is 0.0149. The van der Waals surface area contributed by atoms with E-state index in [1.165, 1.54) is 25.7 Å². The first kappa shape index (κ1) is 14.5. The Morgan fingerprint density at radius 1 is 1.21 bits per heavy atom. The molecule has 0 aromatic heterocycles. The van der Waals surface area contributed by atoms with Crippen LogP contribution in [0.1, 0.15) is 71.6 Å². The number of unbranched alkanes of at least 4 members (excludes halogenated alkanes) is 1. The van der Waals surface area contributed by atoms with Crippen LogP contribution in [0.4, 0.5) is 0 Å². The molecule has 108 valence electrons. The molecule has 1 heterocycles. The van der Waals surface area contributed by atoms with Crippen molar-refractivity contribution in [1.29, 1.82) is 0 Å². The molecular weight excluding hydrogens is 238 g/mol. The standard InChI is InChI=1S/C16H27NO2/c1-3-5-10-16(4-2)11-13(18)17-15(19)14(16)12-8-6-7-9-12/h12,14H,3-11H2,1-2H3,(H,17,18,19). The zero-order valence-corrected chi connectivity index (χ0v) is 12.3. The lowest BCUT2D eigenvalue weighted by molar-refractivity contribution is -0.147. The summed E-state index contributed by atoms with van der Waals surface area (Å²) < 4.78 is 0. The quantitative estimate of drug-likeness (QED) is 0.774. The van der Waals surface area contributed by atoms with Gasteiger partial charge in [-0.25, -0.2) is 0 Å². The van der Waals surface area contributed by atoms with E-state index in [-0.39, 0.29) is 23.1 Å². The Kier molecular flexibility index (Phi) is 4.64. The van der Waals surface area contributed by atoms with Crippen molar-refractivity contribution >= 4 is 11.8 Å². The van der Waals surface area contributed by atoms with E-state index in [1.54, 1.807) is 0 Å². The van der Waals surface area contributed by atoms with Gasteiger partial charge in [0.2, 0.25) is 11.8 Å². The molecule has 1 aliphatic heterocycles. The molecule has 19 heavy (non-hydrogen) atoms. The number of imide groups is 1. The highest BCUT2D eigenvalue weighted by atomic mass is 16.2. The molecule has 2 atom stereocenters. The van der Waals surface area contributed by atoms with Crippen molar-refractivity contribution in [2.75, 3.05) is 0 Å². The van der Waals surface area contributed by atoms with Gasteiger partial charge in [0, 0.05) is 12.3 Å². The van der Waals surface area contributed by atoms with Crippen LogP contribution in [-0.2, 0) is 9.59 Å². The summed E-state index contributed by atoms with van der Waals surface area (Å²) in [5.74, 6) is 0.535. The van der Waals surface area contributed by atoms with Crippen molar-refractivity contribution in [3.8, 4) is 0 Å². The summed E-state index contributed by atoms with van der Waals surface area (Å²) in [6.07, 6.45) is 9.61. The molecule has 0 bridgehead atoms. The van der Waals surface area contributed by atoms with Crippen LogP contribution in [-0.4, -0.2) is 11.8 Å². The van der Waals surface area contributed by atoms with Gasteiger partial charge in [-0.05, 0) is 37.0 Å². The minimum atomic E-state index is -0.0650. The SMILES string of the molecule is CCCCC1(CC)CC(=O)NC(=O)C1C1CCCC1. The maximum absolute atomic E-state index is 12.4. The predicted octanol–water partition coefficient (Wildman–Crippen LogP) is 3.43. The third-order valence-electron chi connectivity index (χ3n) is 5.32. The van der Waals surface area contributed by atoms with Gasteiger partial charge < -0.3 is 0 Å². The summed E-state index contributed by atoms with van der Waals surface area (Å²) in [5.41, 5.74) is -0.0650. The van der Waals surface area contributed by atoms with Gasteiger partial charge in [-0.1, -0.05) is 39.5 Å². The predicted molar refractivity (Wildman–Crippen MR) is 75.5 cm³/mol. The maximum Gasteiger partial charge on any atom is 0.230 e. The Balaban J connectivity index is 2.25. The van der Waals surface area contributed by atoms with Gasteiger partial charge in [0.05, 0.1) is 0 Å². The van der Waals surface area contributed by atoms with Crippen molar-refractivity contribution < 1.29 is 9.59 Å². The van der Waals surface area contributed by atoms with Crippen LogP contribution in [0.3, 0.4) is 0 Å². The third kappa shape index (κ3) is 2.85. The smallest absolute Gasteiger partial charge is 0.230 e. The van der Waals surface area contributed by atoms with E-state index in [0.29, 0.717) is 12.3 Å². The van der Waals surface area contributed by atoms with Crippen LogP contribution >= 0.6 is 0 Å². The molecule has 2 aliphatic rings. The minimum Gasteiger partial charge on any atom is -0.296 e. The molecule has 0 aromatic rings. The van der Waals surface area contributed by atoms with E-state index in [0.717, 1.165) is 25.7 Å². The summed E-state index contributed by atoms with van der Waals surface area (Å²) in [7, 11) is 0. The van der Waals surface area contributed by atoms with E-state index in [1.807, 2.05) is 0 Å². The van der Waals surface area contributed by atoms with Crippen LogP contribution < -0.4 is 5.32 Å². The van der Waals surface area contributed by atoms with Crippen molar-refractivity contribution in [3.05, 3.63) is 0 Å². The second-order valence-corrected chi connectivity index (χ2v) is 6.43. The molecule has 3 nitrogen and oxygen atoms in total. The first-order chi connectivity index (χ1) is 9.13. The molecule has 0 radical (unpaired) electrons. The monoisotopic (exact) mass is 265 g/mol. The van der Waals surface area contributed by atoms with E-state index in [9.17, 15) is 9.59 Å². The fraction of sp³-hybridized carbons (Fsp3) is 0.875. The van der Waals surface area contributed by atoms with Crippen molar-refractivity contribution in [3.63, 3.8) is 0 Å². The highest BCUT2D eigenvalue weighted by molar-refractivity contribution is 5.99. The summed E-state index contributed by atoms with van der Waals surface area (Å²) >= 11 is 0. The van der Waals surface area contributed by atoms with Gasteiger partial charge in [-0.2, -0.15) is 0 Å². The number of rotatable bonds is 5. The van der Waals surface area contributed by atoms with Gasteiger partial charge in [0.15, 0.2) is 0 Å². The number of nitrogens with one attached hydrogen (secondary N) is 1. The van der Waals surface area contributed by atoms with Gasteiger partial charge >= 0.3 is 0 Å². The molecule has 3 heteroatoms. The second-order valence-electron chi connectivity index (χ2n) is 6.43. The molecule has 1 saturated carbocycles. The fourth-order valence-corrected chi connectivity index (χ4v) is 4.27. The number of carbonyl (C=O) groups is 2. The topological polar surface area (TPSA) is 46.2 Å². The average Bonchev–Trinajstić information content (AvgIpc) is 2.89. The largest absolute Gasteiger partial charge is 0.296 e. The number of amides is 2. The maximum atomic E-state index is 12.4. The number of piperidine rings is 1. The Morgan fingerprint density at radius 2 is 1.89 bits per heavy atom. The first-order valence-corrected chi connectivity index (χ1v) is 7.96. The van der Waals surface area contributed by atoms with Crippen LogP contribution in [0.25, 0.3) is 0 Å². The Morgan fingerprint density at radius 3 is 2.47 bits per heavy atom. The highest BCUT2D eigenvalue weighted by Crippen LogP contribution is 2.50. The lowest BCUT2D eigenvalue weighted by Crippen LogP contribution is -2.54. The van der Waals surface area contributed by atoms with E-state index >= 15 is 0 Å². The Hall–Kier alpha value is -0.860. The second kappa shape index (κ2) is 6.06. The summed E-state index contributed by atoms with van der Waals surface area (Å²) in [6.45, 7) is 4.34. The Bertz CT molecular complexity index is 347. The molecule has 2 rings (SSSR count). The lowest BCUT2D eigenvalue weighted by atomic mass is 9.61. The van der Waals surface area contributed by atoms with Gasteiger partial charge in [0.25, 0.3) is 0 Å². The molecule has 1 aliphatic carbocycles. The van der Waals surface area contributed by atoms with Gasteiger partial charge in [0.1, 0.15) is 0 Å². The lowest BCUT2D eigenvalue weighted by Gasteiger charge is -2.45. The molecule has 2 fully saturated rings. The molecule has 0 aromatic carbocycles. The molecule has 2 unspecified atom stereocenters. The highest BCUT2D eigenvalue weighted by Gasteiger charge is 2.50. The normalized spacial score (nSPS) is 32.6. The molecule has 1 saturated heterocycles. The Labute approximate surface area is 116 Å². The average molecular weight is 265 g/mol.